The van der Waals surface area contributed by atoms with Crippen LogP contribution in [0.4, 0.5) is 0 Å². The fourth-order valence-electron chi connectivity index (χ4n) is 1.19. The van der Waals surface area contributed by atoms with E-state index < -0.39 is 23.3 Å². The fraction of sp³-hybridized carbons (Fsp3) is 0.786. The highest BCUT2D eigenvalue weighted by Crippen LogP contribution is 2.46. The van der Waals surface area contributed by atoms with Crippen molar-refractivity contribution in [3.63, 3.8) is 0 Å². The number of hydrogen-bond acceptors (Lipinski definition) is 4. The van der Waals surface area contributed by atoms with E-state index in [1.54, 1.807) is 0 Å². The van der Waals surface area contributed by atoms with E-state index in [0.717, 1.165) is 0 Å². The molecule has 7 heteroatoms. The summed E-state index contributed by atoms with van der Waals surface area (Å²) in [6.07, 6.45) is 4.40. The quantitative estimate of drug-likeness (QED) is 0.241. The van der Waals surface area contributed by atoms with Crippen LogP contribution in [0.3, 0.4) is 0 Å². The van der Waals surface area contributed by atoms with E-state index in [4.69, 9.17) is 4.55 Å². The van der Waals surface area contributed by atoms with Crippen LogP contribution in [0.15, 0.2) is 17.1 Å². The molecule has 0 rings (SSSR count). The highest BCUT2D eigenvalue weighted by Gasteiger charge is 2.14. The third-order valence-corrected chi connectivity index (χ3v) is 4.83. The Bertz CT molecular complexity index is 425. The zero-order valence-electron chi connectivity index (χ0n) is 13.9. The van der Waals surface area contributed by atoms with Gasteiger partial charge in [0.15, 0.2) is 0 Å². The molecule has 0 radical (unpaired) electrons. The highest BCUT2D eigenvalue weighted by atomic mass is 32.2. The van der Waals surface area contributed by atoms with Gasteiger partial charge in [0.05, 0.1) is 11.9 Å². The average molecular weight is 339 g/mol. The molecule has 0 aliphatic heterocycles. The standard InChI is InChI=1S/C7H13NO4S.C7H18P/c1-6(2)7(9)8-4-3-5-13(10,11)12;1-5-6-7-8(2,3)4/h1,3-5H2,2H3,(H,8,9)(H,10,11,12);5-7H2,1-4H3/q;+1/p-1. The average Bonchev–Trinajstić information content (AvgIpc) is 2.30. The van der Waals surface area contributed by atoms with Crippen molar-refractivity contribution in [1.29, 1.82) is 0 Å². The smallest absolute Gasteiger partial charge is 0.264 e. The van der Waals surface area contributed by atoms with Crippen LogP contribution < -0.4 is 5.11 Å². The minimum Gasteiger partial charge on any atom is -0.859 e. The molecule has 0 heterocycles. The molecular formula is C14H30NO4PS. The minimum atomic E-state index is -3.94. The van der Waals surface area contributed by atoms with Gasteiger partial charge in [-0.2, -0.15) is 8.42 Å². The van der Waals surface area contributed by atoms with Crippen molar-refractivity contribution in [2.45, 2.75) is 33.1 Å². The third kappa shape index (κ3) is 22.0. The van der Waals surface area contributed by atoms with Crippen LogP contribution in [0, 0.1) is 0 Å². The van der Waals surface area contributed by atoms with E-state index in [1.165, 1.54) is 25.9 Å². The summed E-state index contributed by atoms with van der Waals surface area (Å²) in [4.78, 5) is 3.51. The van der Waals surface area contributed by atoms with Crippen molar-refractivity contribution in [1.82, 2.24) is 0 Å². The van der Waals surface area contributed by atoms with E-state index in [1.807, 2.05) is 0 Å². The Morgan fingerprint density at radius 1 is 1.29 bits per heavy atom. The maximum Gasteiger partial charge on any atom is 0.264 e. The molecule has 0 spiro atoms. The largest absolute Gasteiger partial charge is 0.859 e. The normalized spacial score (nSPS) is 12.6. The number of nitrogens with zero attached hydrogens (tertiary/aromatic N) is 1. The van der Waals surface area contributed by atoms with Gasteiger partial charge in [0, 0.05) is 33.8 Å². The molecule has 21 heavy (non-hydrogen) atoms. The van der Waals surface area contributed by atoms with E-state index >= 15 is 0 Å². The highest BCUT2D eigenvalue weighted by molar-refractivity contribution is 7.85. The first kappa shape index (κ1) is 22.8. The van der Waals surface area contributed by atoms with Crippen molar-refractivity contribution in [3.8, 4) is 0 Å². The van der Waals surface area contributed by atoms with Gasteiger partial charge in [-0.05, 0) is 31.2 Å². The Morgan fingerprint density at radius 2 is 1.81 bits per heavy atom. The summed E-state index contributed by atoms with van der Waals surface area (Å²) in [6.45, 7) is 14.5. The SMILES string of the molecule is C=C(C)C([O-])=NCCCS(=O)(=O)O.CCCC[P+](C)(C)C. The van der Waals surface area contributed by atoms with Crippen LogP contribution in [0.1, 0.15) is 33.1 Å². The molecule has 5 nitrogen and oxygen atoms in total. The third-order valence-electron chi connectivity index (χ3n) is 2.36. The van der Waals surface area contributed by atoms with Crippen LogP contribution in [0.5, 0.6) is 0 Å². The zero-order chi connectivity index (χ0) is 17.1. The molecular weight excluding hydrogens is 309 g/mol. The van der Waals surface area contributed by atoms with Crippen molar-refractivity contribution >= 4 is 23.3 Å². The van der Waals surface area contributed by atoms with Crippen LogP contribution in [0.25, 0.3) is 0 Å². The van der Waals surface area contributed by atoms with Crippen LogP contribution >= 0.6 is 7.26 Å². The van der Waals surface area contributed by atoms with Gasteiger partial charge >= 0.3 is 0 Å². The van der Waals surface area contributed by atoms with E-state index in [2.05, 4.69) is 38.5 Å². The molecule has 0 bridgehead atoms. The molecule has 0 fully saturated rings. The first-order valence-electron chi connectivity index (χ1n) is 7.02. The maximum atomic E-state index is 10.8. The summed E-state index contributed by atoms with van der Waals surface area (Å²) < 4.78 is 28.8. The van der Waals surface area contributed by atoms with Gasteiger partial charge in [-0.25, -0.2) is 0 Å². The second kappa shape index (κ2) is 11.2. The summed E-state index contributed by atoms with van der Waals surface area (Å²) in [6, 6.07) is 0. The first-order chi connectivity index (χ1) is 9.39. The Hall–Kier alpha value is -0.450. The predicted octanol–water partition coefficient (Wildman–Crippen LogP) is 2.29. The molecule has 0 aliphatic carbocycles. The molecule has 0 unspecified atom stereocenters. The van der Waals surface area contributed by atoms with E-state index in [-0.39, 0.29) is 18.7 Å². The first-order valence-corrected chi connectivity index (χ1v) is 11.9. The minimum absolute atomic E-state index is 0.0888. The second-order valence-corrected chi connectivity index (χ2v) is 12.6. The van der Waals surface area contributed by atoms with Crippen molar-refractivity contribution in [3.05, 3.63) is 12.2 Å². The Kier molecular flexibility index (Phi) is 12.1. The molecule has 0 saturated carbocycles. The summed E-state index contributed by atoms with van der Waals surface area (Å²) in [5, 5.41) is 10.8. The Balaban J connectivity index is 0. The van der Waals surface area contributed by atoms with Gasteiger partial charge in [-0.15, -0.1) is 0 Å². The van der Waals surface area contributed by atoms with Crippen molar-refractivity contribution in [2.75, 3.05) is 38.5 Å². The van der Waals surface area contributed by atoms with Gasteiger partial charge in [-0.1, -0.05) is 19.9 Å². The van der Waals surface area contributed by atoms with Crippen molar-refractivity contribution in [2.24, 2.45) is 4.99 Å². The number of hydrogen-bond donors (Lipinski definition) is 1. The van der Waals surface area contributed by atoms with Gasteiger partial charge in [-0.3, -0.25) is 4.55 Å². The predicted molar refractivity (Wildman–Crippen MR) is 92.6 cm³/mol. The fourth-order valence-corrected chi connectivity index (χ4v) is 2.95. The molecule has 1 N–H and O–H groups in total. The van der Waals surface area contributed by atoms with E-state index in [9.17, 15) is 13.5 Å². The zero-order valence-corrected chi connectivity index (χ0v) is 15.6. The van der Waals surface area contributed by atoms with Gasteiger partial charge < -0.3 is 10.1 Å². The van der Waals surface area contributed by atoms with Crippen LogP contribution in [-0.4, -0.2) is 57.3 Å². The lowest BCUT2D eigenvalue weighted by atomic mass is 10.3. The monoisotopic (exact) mass is 339 g/mol. The lowest BCUT2D eigenvalue weighted by Gasteiger charge is -2.09. The molecule has 0 aromatic rings. The topological polar surface area (TPSA) is 89.8 Å². The van der Waals surface area contributed by atoms with Gasteiger partial charge in [0.25, 0.3) is 10.1 Å². The summed E-state index contributed by atoms with van der Waals surface area (Å²) >= 11 is 0. The number of aliphatic imine (C=N–C) groups is 1. The lowest BCUT2D eigenvalue weighted by Crippen LogP contribution is -2.19. The van der Waals surface area contributed by atoms with Crippen LogP contribution in [-0.2, 0) is 10.1 Å². The number of unbranched alkanes of at least 4 members (excludes halogenated alkanes) is 1. The lowest BCUT2D eigenvalue weighted by molar-refractivity contribution is -0.213. The van der Waals surface area contributed by atoms with Crippen LogP contribution in [0.2, 0.25) is 0 Å². The van der Waals surface area contributed by atoms with E-state index in [0.29, 0.717) is 5.57 Å². The second-order valence-electron chi connectivity index (χ2n) is 5.97. The van der Waals surface area contributed by atoms with Crippen molar-refractivity contribution < 1.29 is 18.1 Å². The maximum absolute atomic E-state index is 10.8. The number of rotatable bonds is 8. The summed E-state index contributed by atoms with van der Waals surface area (Å²) in [5.74, 6) is -0.810. The Morgan fingerprint density at radius 3 is 2.10 bits per heavy atom. The summed E-state index contributed by atoms with van der Waals surface area (Å²) in [5.41, 5.74) is 0.312. The summed E-state index contributed by atoms with van der Waals surface area (Å²) in [7, 11) is -4.37. The molecule has 0 aromatic heterocycles. The molecule has 0 amide bonds. The molecule has 0 saturated heterocycles. The van der Waals surface area contributed by atoms with Gasteiger partial charge in [0.1, 0.15) is 0 Å². The Labute approximate surface area is 130 Å². The van der Waals surface area contributed by atoms with Gasteiger partial charge in [0.2, 0.25) is 0 Å². The molecule has 0 atom stereocenters. The molecule has 126 valence electrons. The molecule has 0 aromatic carbocycles. The molecule has 0 aliphatic rings.